The number of hydrogen-bond acceptors (Lipinski definition) is 2. The Kier molecular flexibility index (Phi) is 3.74. The van der Waals surface area contributed by atoms with E-state index in [1.807, 2.05) is 41.0 Å². The van der Waals surface area contributed by atoms with Gasteiger partial charge in [-0.25, -0.2) is 0 Å². The smallest absolute Gasteiger partial charge is 0.182 e. The fourth-order valence-electron chi connectivity index (χ4n) is 2.18. The van der Waals surface area contributed by atoms with Crippen LogP contribution < -0.4 is 4.74 Å². The van der Waals surface area contributed by atoms with E-state index in [1.165, 1.54) is 0 Å². The van der Waals surface area contributed by atoms with Crippen LogP contribution in [0.15, 0.2) is 36.4 Å². The minimum Gasteiger partial charge on any atom is -0.494 e. The molecule has 0 saturated carbocycles. The molecule has 1 N–H and O–H groups in total. The molecule has 0 aliphatic carbocycles. The summed E-state index contributed by atoms with van der Waals surface area (Å²) in [5, 5.41) is 0.710. The Morgan fingerprint density at radius 3 is 2.80 bits per heavy atom. The van der Waals surface area contributed by atoms with Crippen molar-refractivity contribution in [2.24, 2.45) is 0 Å². The summed E-state index contributed by atoms with van der Waals surface area (Å²) in [6.07, 6.45) is 0. The molecule has 3 rings (SSSR count). The lowest BCUT2D eigenvalue weighted by Gasteiger charge is -2.08. The lowest BCUT2D eigenvalue weighted by atomic mass is 10.2. The molecular formula is C14H10ClIN2OS. The van der Waals surface area contributed by atoms with Gasteiger partial charge in [0.15, 0.2) is 4.77 Å². The van der Waals surface area contributed by atoms with Crippen LogP contribution in [0.3, 0.4) is 0 Å². The maximum atomic E-state index is 6.02. The number of fused-ring (bicyclic) bond motifs is 1. The summed E-state index contributed by atoms with van der Waals surface area (Å²) in [7, 11) is 1.65. The summed E-state index contributed by atoms with van der Waals surface area (Å²) in [5.74, 6) is 0.774. The maximum Gasteiger partial charge on any atom is 0.182 e. The van der Waals surface area contributed by atoms with Gasteiger partial charge in [0.1, 0.15) is 11.3 Å². The molecule has 102 valence electrons. The van der Waals surface area contributed by atoms with E-state index >= 15 is 0 Å². The van der Waals surface area contributed by atoms with Crippen LogP contribution in [-0.2, 0) is 0 Å². The van der Waals surface area contributed by atoms with Gasteiger partial charge < -0.3 is 9.72 Å². The van der Waals surface area contributed by atoms with Crippen molar-refractivity contribution in [2.75, 3.05) is 7.11 Å². The number of rotatable bonds is 2. The lowest BCUT2D eigenvalue weighted by Crippen LogP contribution is -1.97. The summed E-state index contributed by atoms with van der Waals surface area (Å²) in [5.41, 5.74) is 2.87. The second-order valence-corrected chi connectivity index (χ2v) is 6.20. The van der Waals surface area contributed by atoms with E-state index in [4.69, 9.17) is 28.6 Å². The molecule has 0 amide bonds. The first-order chi connectivity index (χ1) is 9.61. The molecular weight excluding hydrogens is 407 g/mol. The molecule has 1 aromatic heterocycles. The first-order valence-corrected chi connectivity index (χ1v) is 7.71. The largest absolute Gasteiger partial charge is 0.494 e. The van der Waals surface area contributed by atoms with Crippen LogP contribution in [-0.4, -0.2) is 16.7 Å². The van der Waals surface area contributed by atoms with Crippen LogP contribution in [0.25, 0.3) is 16.7 Å². The van der Waals surface area contributed by atoms with Crippen LogP contribution in [0, 0.1) is 8.34 Å². The number of ether oxygens (including phenoxy) is 1. The van der Waals surface area contributed by atoms with Crippen molar-refractivity contribution < 1.29 is 4.74 Å². The van der Waals surface area contributed by atoms with Gasteiger partial charge in [-0.2, -0.15) is 0 Å². The zero-order valence-corrected chi connectivity index (χ0v) is 14.2. The Labute approximate surface area is 139 Å². The second-order valence-electron chi connectivity index (χ2n) is 4.22. The van der Waals surface area contributed by atoms with Crippen molar-refractivity contribution in [3.8, 4) is 11.4 Å². The average Bonchev–Trinajstić information content (AvgIpc) is 2.75. The molecule has 3 nitrogen and oxygen atoms in total. The first kappa shape index (κ1) is 13.9. The molecule has 0 bridgehead atoms. The third kappa shape index (κ3) is 2.23. The molecule has 0 aliphatic heterocycles. The van der Waals surface area contributed by atoms with Gasteiger partial charge in [0.2, 0.25) is 0 Å². The van der Waals surface area contributed by atoms with E-state index in [0.29, 0.717) is 9.79 Å². The Bertz CT molecular complexity index is 856. The molecule has 6 heteroatoms. The first-order valence-electron chi connectivity index (χ1n) is 5.85. The lowest BCUT2D eigenvalue weighted by molar-refractivity contribution is 0.419. The van der Waals surface area contributed by atoms with Gasteiger partial charge in [-0.05, 0) is 65.1 Å². The molecule has 1 heterocycles. The van der Waals surface area contributed by atoms with Crippen molar-refractivity contribution in [1.29, 1.82) is 0 Å². The monoisotopic (exact) mass is 416 g/mol. The van der Waals surface area contributed by atoms with Crippen molar-refractivity contribution in [3.05, 3.63) is 49.8 Å². The Hall–Kier alpha value is -1.05. The molecule has 0 unspecified atom stereocenters. The van der Waals surface area contributed by atoms with Gasteiger partial charge in [0.05, 0.1) is 18.3 Å². The van der Waals surface area contributed by atoms with Gasteiger partial charge >= 0.3 is 0 Å². The quantitative estimate of drug-likeness (QED) is 0.473. The predicted molar refractivity (Wildman–Crippen MR) is 92.7 cm³/mol. The van der Waals surface area contributed by atoms with Gasteiger partial charge in [0, 0.05) is 8.59 Å². The normalized spacial score (nSPS) is 10.9. The van der Waals surface area contributed by atoms with Gasteiger partial charge in [0.25, 0.3) is 0 Å². The number of aromatic nitrogens is 2. The highest BCUT2D eigenvalue weighted by Crippen LogP contribution is 2.29. The third-order valence-corrected chi connectivity index (χ3v) is 4.43. The fraction of sp³-hybridized carbons (Fsp3) is 0.0714. The highest BCUT2D eigenvalue weighted by Gasteiger charge is 2.12. The topological polar surface area (TPSA) is 29.9 Å². The van der Waals surface area contributed by atoms with Gasteiger partial charge in [-0.15, -0.1) is 0 Å². The molecule has 0 aliphatic rings. The third-order valence-electron chi connectivity index (χ3n) is 3.05. The minimum atomic E-state index is 0.629. The number of benzene rings is 2. The second kappa shape index (κ2) is 5.38. The maximum absolute atomic E-state index is 6.02. The number of nitrogens with zero attached hydrogens (tertiary/aromatic N) is 1. The van der Waals surface area contributed by atoms with E-state index in [-0.39, 0.29) is 0 Å². The van der Waals surface area contributed by atoms with Crippen LogP contribution in [0.1, 0.15) is 0 Å². The molecule has 3 aromatic rings. The zero-order chi connectivity index (χ0) is 14.3. The summed E-state index contributed by atoms with van der Waals surface area (Å²) in [6, 6.07) is 11.6. The van der Waals surface area contributed by atoms with Gasteiger partial charge in [-0.3, -0.25) is 4.57 Å². The Morgan fingerprint density at radius 1 is 1.30 bits per heavy atom. The molecule has 0 atom stereocenters. The van der Waals surface area contributed by atoms with Crippen LogP contribution in [0.4, 0.5) is 0 Å². The molecule has 20 heavy (non-hydrogen) atoms. The van der Waals surface area contributed by atoms with Gasteiger partial charge in [-0.1, -0.05) is 17.7 Å². The highest BCUT2D eigenvalue weighted by molar-refractivity contribution is 14.1. The van der Waals surface area contributed by atoms with Crippen molar-refractivity contribution in [3.63, 3.8) is 0 Å². The fourth-order valence-corrected chi connectivity index (χ4v) is 3.59. The molecule has 0 saturated heterocycles. The number of imidazole rings is 1. The molecule has 2 aromatic carbocycles. The summed E-state index contributed by atoms with van der Waals surface area (Å²) < 4.78 is 9.02. The number of nitrogens with one attached hydrogen (secondary N) is 1. The number of hydrogen-bond donors (Lipinski definition) is 1. The Balaban J connectivity index is 2.37. The number of aromatic amines is 1. The summed E-state index contributed by atoms with van der Waals surface area (Å²) in [4.78, 5) is 3.20. The van der Waals surface area contributed by atoms with E-state index in [0.717, 1.165) is 26.0 Å². The Morgan fingerprint density at radius 2 is 2.10 bits per heavy atom. The number of methoxy groups -OCH3 is 1. The molecule has 0 spiro atoms. The predicted octanol–water partition coefficient (Wildman–Crippen LogP) is 4.95. The van der Waals surface area contributed by atoms with Crippen molar-refractivity contribution in [1.82, 2.24) is 9.55 Å². The minimum absolute atomic E-state index is 0.629. The number of halogens is 2. The summed E-state index contributed by atoms with van der Waals surface area (Å²) >= 11 is 13.7. The van der Waals surface area contributed by atoms with Crippen LogP contribution in [0.5, 0.6) is 5.75 Å². The SMILES string of the molecule is COc1cccc2c1[nH]c(=S)n2-c1ccc(Cl)cc1I. The molecule has 0 fully saturated rings. The number of para-hydroxylation sites is 1. The van der Waals surface area contributed by atoms with E-state index < -0.39 is 0 Å². The summed E-state index contributed by atoms with van der Waals surface area (Å²) in [6.45, 7) is 0. The van der Waals surface area contributed by atoms with E-state index in [9.17, 15) is 0 Å². The highest BCUT2D eigenvalue weighted by atomic mass is 127. The van der Waals surface area contributed by atoms with Crippen molar-refractivity contribution >= 4 is 57.4 Å². The van der Waals surface area contributed by atoms with Crippen LogP contribution in [0.2, 0.25) is 5.02 Å². The standard InChI is InChI=1S/C14H10ClIN2OS/c1-19-12-4-2-3-11-13(12)17-14(20)18(11)10-6-5-8(15)7-9(10)16/h2-7H,1H3,(H,17,20). The van der Waals surface area contributed by atoms with Crippen LogP contribution >= 0.6 is 46.4 Å². The van der Waals surface area contributed by atoms with E-state index in [1.54, 1.807) is 7.11 Å². The molecule has 0 radical (unpaired) electrons. The number of H-pyrrole nitrogens is 1. The average molecular weight is 417 g/mol. The van der Waals surface area contributed by atoms with Crippen molar-refractivity contribution in [2.45, 2.75) is 0 Å². The zero-order valence-electron chi connectivity index (χ0n) is 10.5. The van der Waals surface area contributed by atoms with E-state index in [2.05, 4.69) is 27.6 Å².